The van der Waals surface area contributed by atoms with Gasteiger partial charge in [-0.2, -0.15) is 14.8 Å². The Morgan fingerprint density at radius 1 is 1.28 bits per heavy atom. The fourth-order valence-electron chi connectivity index (χ4n) is 2.25. The molecule has 3 aromatic rings. The van der Waals surface area contributed by atoms with Crippen molar-refractivity contribution in [3.8, 4) is 5.95 Å². The van der Waals surface area contributed by atoms with Crippen LogP contribution in [0, 0.1) is 17.0 Å². The summed E-state index contributed by atoms with van der Waals surface area (Å²) in [5, 5.41) is 18.6. The molecule has 2 heterocycles. The molecule has 0 aliphatic carbocycles. The van der Waals surface area contributed by atoms with Gasteiger partial charge in [0.1, 0.15) is 18.2 Å². The lowest BCUT2D eigenvalue weighted by Crippen LogP contribution is -2.10. The van der Waals surface area contributed by atoms with Gasteiger partial charge < -0.3 is 5.32 Å². The molecular weight excluding hydrogens is 344 g/mol. The Morgan fingerprint density at radius 3 is 2.72 bits per heavy atom. The second kappa shape index (κ2) is 7.27. The van der Waals surface area contributed by atoms with Crippen LogP contribution in [0.1, 0.15) is 11.3 Å². The van der Waals surface area contributed by atoms with Crippen LogP contribution in [0.2, 0.25) is 5.02 Å². The molecule has 0 saturated heterocycles. The smallest absolute Gasteiger partial charge is 0.307 e. The Morgan fingerprint density at radius 2 is 2.04 bits per heavy atom. The van der Waals surface area contributed by atoms with Crippen LogP contribution in [0.4, 0.5) is 11.5 Å². The van der Waals surface area contributed by atoms with Crippen molar-refractivity contribution in [2.75, 3.05) is 11.9 Å². The highest BCUT2D eigenvalue weighted by Gasteiger charge is 2.12. The molecule has 1 aromatic carbocycles. The maximum Gasteiger partial charge on any atom is 0.307 e. The molecule has 1 N–H and O–H groups in total. The van der Waals surface area contributed by atoms with Gasteiger partial charge in [-0.1, -0.05) is 23.7 Å². The molecule has 3 rings (SSSR count). The van der Waals surface area contributed by atoms with E-state index in [2.05, 4.69) is 20.4 Å². The average Bonchev–Trinajstić information content (AvgIpc) is 3.07. The van der Waals surface area contributed by atoms with Crippen LogP contribution in [0.15, 0.2) is 42.7 Å². The first-order valence-electron chi connectivity index (χ1n) is 7.55. The molecular formula is C16H15ClN6O2. The molecule has 128 valence electrons. The fraction of sp³-hybridized carbons (Fsp3) is 0.188. The van der Waals surface area contributed by atoms with E-state index in [1.807, 2.05) is 37.3 Å². The number of hydrogen-bond donors (Lipinski definition) is 1. The van der Waals surface area contributed by atoms with Gasteiger partial charge in [-0.3, -0.25) is 10.1 Å². The second-order valence-electron chi connectivity index (χ2n) is 5.40. The molecule has 0 fully saturated rings. The molecule has 0 aliphatic rings. The molecule has 9 heteroatoms. The second-order valence-corrected chi connectivity index (χ2v) is 5.83. The molecule has 2 aromatic heterocycles. The number of aryl methyl sites for hydroxylation is 1. The Bertz CT molecular complexity index is 894. The predicted molar refractivity (Wildman–Crippen MR) is 94.2 cm³/mol. The van der Waals surface area contributed by atoms with Crippen molar-refractivity contribution in [1.82, 2.24) is 19.7 Å². The number of rotatable bonds is 6. The summed E-state index contributed by atoms with van der Waals surface area (Å²) >= 11 is 5.87. The minimum Gasteiger partial charge on any atom is -0.370 e. The lowest BCUT2D eigenvalue weighted by Gasteiger charge is -2.08. The molecule has 25 heavy (non-hydrogen) atoms. The zero-order valence-electron chi connectivity index (χ0n) is 13.4. The maximum atomic E-state index is 10.8. The third-order valence-corrected chi connectivity index (χ3v) is 3.71. The summed E-state index contributed by atoms with van der Waals surface area (Å²) < 4.78 is 1.29. The van der Waals surface area contributed by atoms with Crippen molar-refractivity contribution >= 4 is 23.1 Å². The van der Waals surface area contributed by atoms with Crippen molar-refractivity contribution in [3.05, 3.63) is 69.1 Å². The van der Waals surface area contributed by atoms with Gasteiger partial charge in [0.05, 0.1) is 4.92 Å². The highest BCUT2D eigenvalue weighted by atomic mass is 35.5. The molecule has 0 unspecified atom stereocenters. The largest absolute Gasteiger partial charge is 0.370 e. The number of nitrogens with one attached hydrogen (secondary N) is 1. The summed E-state index contributed by atoms with van der Waals surface area (Å²) in [4.78, 5) is 18.9. The van der Waals surface area contributed by atoms with Crippen LogP contribution < -0.4 is 5.32 Å². The Balaban J connectivity index is 1.70. The van der Waals surface area contributed by atoms with Crippen LogP contribution in [0.25, 0.3) is 5.95 Å². The number of nitrogens with zero attached hydrogens (tertiary/aromatic N) is 5. The zero-order valence-corrected chi connectivity index (χ0v) is 14.1. The van der Waals surface area contributed by atoms with Gasteiger partial charge in [-0.25, -0.2) is 4.98 Å². The van der Waals surface area contributed by atoms with Crippen LogP contribution in [-0.2, 0) is 6.42 Å². The standard InChI is InChI=1S/C16H15ClN6O2/c1-11-8-15(18-7-6-12-2-4-13(17)5-3-12)21-16(20-11)22-10-14(9-19-22)23(24)25/h2-5,8-10H,6-7H2,1H3,(H,18,20,21). The van der Waals surface area contributed by atoms with Crippen LogP contribution >= 0.6 is 11.6 Å². The monoisotopic (exact) mass is 358 g/mol. The highest BCUT2D eigenvalue weighted by Crippen LogP contribution is 2.14. The van der Waals surface area contributed by atoms with Crippen LogP contribution in [-0.4, -0.2) is 31.2 Å². The minimum atomic E-state index is -0.509. The van der Waals surface area contributed by atoms with E-state index in [1.54, 1.807) is 0 Å². The normalized spacial score (nSPS) is 10.6. The van der Waals surface area contributed by atoms with E-state index in [1.165, 1.54) is 17.1 Å². The summed E-state index contributed by atoms with van der Waals surface area (Å²) in [6, 6.07) is 9.47. The molecule has 0 saturated carbocycles. The van der Waals surface area contributed by atoms with E-state index in [0.717, 1.165) is 17.7 Å². The predicted octanol–water partition coefficient (Wildman–Crippen LogP) is 3.19. The van der Waals surface area contributed by atoms with Gasteiger partial charge in [0, 0.05) is 23.3 Å². The van der Waals surface area contributed by atoms with Crippen LogP contribution in [0.3, 0.4) is 0 Å². The first-order chi connectivity index (χ1) is 12.0. The van der Waals surface area contributed by atoms with E-state index in [4.69, 9.17) is 11.6 Å². The lowest BCUT2D eigenvalue weighted by atomic mass is 10.1. The Labute approximate surface area is 148 Å². The van der Waals surface area contributed by atoms with E-state index in [0.29, 0.717) is 17.4 Å². The van der Waals surface area contributed by atoms with Gasteiger partial charge in [-0.05, 0) is 31.0 Å². The lowest BCUT2D eigenvalue weighted by molar-refractivity contribution is -0.384. The van der Waals surface area contributed by atoms with E-state index in [-0.39, 0.29) is 11.6 Å². The molecule has 0 bridgehead atoms. The van der Waals surface area contributed by atoms with Crippen LogP contribution in [0.5, 0.6) is 0 Å². The summed E-state index contributed by atoms with van der Waals surface area (Å²) in [6.07, 6.45) is 3.26. The zero-order chi connectivity index (χ0) is 17.8. The van der Waals surface area contributed by atoms with Gasteiger partial charge in [0.2, 0.25) is 0 Å². The number of anilines is 1. The minimum absolute atomic E-state index is 0.109. The Hall–Kier alpha value is -3.00. The molecule has 8 nitrogen and oxygen atoms in total. The number of hydrogen-bond acceptors (Lipinski definition) is 6. The van der Waals surface area contributed by atoms with E-state index >= 15 is 0 Å². The number of halogens is 1. The van der Waals surface area contributed by atoms with E-state index in [9.17, 15) is 10.1 Å². The first-order valence-corrected chi connectivity index (χ1v) is 7.92. The third kappa shape index (κ3) is 4.30. The van der Waals surface area contributed by atoms with Gasteiger partial charge >= 0.3 is 5.69 Å². The highest BCUT2D eigenvalue weighted by molar-refractivity contribution is 6.30. The van der Waals surface area contributed by atoms with Gasteiger partial charge in [0.25, 0.3) is 5.95 Å². The molecule has 0 radical (unpaired) electrons. The van der Waals surface area contributed by atoms with Crippen molar-refractivity contribution in [3.63, 3.8) is 0 Å². The molecule has 0 aliphatic heterocycles. The summed E-state index contributed by atoms with van der Waals surface area (Å²) in [5.74, 6) is 0.914. The maximum absolute atomic E-state index is 10.8. The number of aromatic nitrogens is 4. The van der Waals surface area contributed by atoms with Crippen molar-refractivity contribution in [1.29, 1.82) is 0 Å². The van der Waals surface area contributed by atoms with Crippen molar-refractivity contribution in [2.45, 2.75) is 13.3 Å². The van der Waals surface area contributed by atoms with Gasteiger partial charge in [-0.15, -0.1) is 0 Å². The summed E-state index contributed by atoms with van der Waals surface area (Å²) in [5.41, 5.74) is 1.78. The average molecular weight is 359 g/mol. The first kappa shape index (κ1) is 16.8. The molecule has 0 amide bonds. The molecule has 0 spiro atoms. The third-order valence-electron chi connectivity index (χ3n) is 3.46. The fourth-order valence-corrected chi connectivity index (χ4v) is 2.37. The van der Waals surface area contributed by atoms with Crippen molar-refractivity contribution < 1.29 is 4.92 Å². The summed E-state index contributed by atoms with van der Waals surface area (Å²) in [7, 11) is 0. The number of benzene rings is 1. The quantitative estimate of drug-likeness (QED) is 0.536. The molecule has 0 atom stereocenters. The Kier molecular flexibility index (Phi) is 4.90. The van der Waals surface area contributed by atoms with Crippen molar-refractivity contribution in [2.24, 2.45) is 0 Å². The number of nitro groups is 1. The van der Waals surface area contributed by atoms with Gasteiger partial charge in [0.15, 0.2) is 0 Å². The topological polar surface area (TPSA) is 98.8 Å². The summed E-state index contributed by atoms with van der Waals surface area (Å²) in [6.45, 7) is 2.50. The van der Waals surface area contributed by atoms with E-state index < -0.39 is 4.92 Å². The SMILES string of the molecule is Cc1cc(NCCc2ccc(Cl)cc2)nc(-n2cc([N+](=O)[O-])cn2)n1.